The minimum atomic E-state index is -0.347. The third-order valence-electron chi connectivity index (χ3n) is 2.61. The van der Waals surface area contributed by atoms with Gasteiger partial charge < -0.3 is 4.74 Å². The third kappa shape index (κ3) is 2.20. The maximum atomic E-state index is 11.5. The molecule has 0 fully saturated rings. The zero-order chi connectivity index (χ0) is 12.4. The highest BCUT2D eigenvalue weighted by Gasteiger charge is 2.15. The molecular formula is C12H16N2O2S. The summed E-state index contributed by atoms with van der Waals surface area (Å²) in [4.78, 5) is 18.1. The summed E-state index contributed by atoms with van der Waals surface area (Å²) in [6.07, 6.45) is 3.95. The van der Waals surface area contributed by atoms with Gasteiger partial charge in [-0.25, -0.2) is 9.78 Å². The fourth-order valence-corrected chi connectivity index (χ4v) is 2.96. The number of aryl methyl sites for hydroxylation is 2. The second-order valence-electron chi connectivity index (χ2n) is 3.86. The Balaban J connectivity index is 2.36. The largest absolute Gasteiger partial charge is 0.461 e. The van der Waals surface area contributed by atoms with Crippen LogP contribution in [0.5, 0.6) is 0 Å². The SMILES string of the molecule is CCCc1sc2nc(C(=O)OCC)cn2c1C. The summed E-state index contributed by atoms with van der Waals surface area (Å²) in [7, 11) is 0. The maximum Gasteiger partial charge on any atom is 0.358 e. The molecule has 2 aromatic heterocycles. The van der Waals surface area contributed by atoms with Gasteiger partial charge in [-0.2, -0.15) is 0 Å². The molecule has 0 unspecified atom stereocenters. The molecule has 2 heterocycles. The number of rotatable bonds is 4. The van der Waals surface area contributed by atoms with E-state index in [0.29, 0.717) is 12.3 Å². The molecule has 0 aliphatic carbocycles. The Morgan fingerprint density at radius 2 is 2.29 bits per heavy atom. The van der Waals surface area contributed by atoms with Crippen molar-refractivity contribution in [3.8, 4) is 0 Å². The first-order chi connectivity index (χ1) is 8.17. The number of carbonyl (C=O) groups excluding carboxylic acids is 1. The van der Waals surface area contributed by atoms with Gasteiger partial charge in [0.15, 0.2) is 10.7 Å². The van der Waals surface area contributed by atoms with Crippen molar-refractivity contribution in [3.63, 3.8) is 0 Å². The second-order valence-corrected chi connectivity index (χ2v) is 4.92. The summed E-state index contributed by atoms with van der Waals surface area (Å²) in [5.74, 6) is -0.347. The van der Waals surface area contributed by atoms with Crippen LogP contribution in [-0.4, -0.2) is 22.0 Å². The highest BCUT2D eigenvalue weighted by molar-refractivity contribution is 7.17. The van der Waals surface area contributed by atoms with E-state index in [-0.39, 0.29) is 5.97 Å². The summed E-state index contributed by atoms with van der Waals surface area (Å²) in [6, 6.07) is 0. The molecule has 0 spiro atoms. The first-order valence-electron chi connectivity index (χ1n) is 5.81. The number of carbonyl (C=O) groups is 1. The Hall–Kier alpha value is -1.36. The fourth-order valence-electron chi connectivity index (χ4n) is 1.76. The molecule has 0 bridgehead atoms. The molecule has 2 aromatic rings. The molecule has 0 aliphatic rings. The topological polar surface area (TPSA) is 43.6 Å². The lowest BCUT2D eigenvalue weighted by Crippen LogP contribution is -2.04. The lowest BCUT2D eigenvalue weighted by molar-refractivity contribution is 0.0520. The Kier molecular flexibility index (Phi) is 3.47. The molecule has 0 atom stereocenters. The predicted molar refractivity (Wildman–Crippen MR) is 67.8 cm³/mol. The average Bonchev–Trinajstić information content (AvgIpc) is 2.82. The van der Waals surface area contributed by atoms with Crippen molar-refractivity contribution in [1.29, 1.82) is 0 Å². The van der Waals surface area contributed by atoms with Crippen LogP contribution in [0.1, 0.15) is 41.3 Å². The van der Waals surface area contributed by atoms with E-state index in [4.69, 9.17) is 4.74 Å². The van der Waals surface area contributed by atoms with Gasteiger partial charge in [-0.1, -0.05) is 13.3 Å². The van der Waals surface area contributed by atoms with E-state index in [2.05, 4.69) is 18.8 Å². The van der Waals surface area contributed by atoms with E-state index in [1.807, 2.05) is 4.40 Å². The van der Waals surface area contributed by atoms with E-state index in [1.165, 1.54) is 10.6 Å². The van der Waals surface area contributed by atoms with E-state index in [9.17, 15) is 4.79 Å². The zero-order valence-corrected chi connectivity index (χ0v) is 11.1. The summed E-state index contributed by atoms with van der Waals surface area (Å²) < 4.78 is 6.91. The third-order valence-corrected chi connectivity index (χ3v) is 3.83. The van der Waals surface area contributed by atoms with Gasteiger partial charge in [-0.05, 0) is 20.3 Å². The first-order valence-corrected chi connectivity index (χ1v) is 6.63. The zero-order valence-electron chi connectivity index (χ0n) is 10.3. The number of nitrogens with zero attached hydrogens (tertiary/aromatic N) is 2. The van der Waals surface area contributed by atoms with Gasteiger partial charge in [-0.15, -0.1) is 11.3 Å². The highest BCUT2D eigenvalue weighted by Crippen LogP contribution is 2.24. The van der Waals surface area contributed by atoms with Gasteiger partial charge in [0.1, 0.15) is 0 Å². The molecule has 0 amide bonds. The lowest BCUT2D eigenvalue weighted by atomic mass is 10.2. The van der Waals surface area contributed by atoms with Crippen molar-refractivity contribution in [3.05, 3.63) is 22.5 Å². The van der Waals surface area contributed by atoms with Crippen molar-refractivity contribution in [2.45, 2.75) is 33.6 Å². The molecule has 0 saturated carbocycles. The summed E-state index contributed by atoms with van der Waals surface area (Å²) in [5.41, 5.74) is 1.57. The standard InChI is InChI=1S/C12H16N2O2S/c1-4-6-10-8(3)14-7-9(11(15)16-5-2)13-12(14)17-10/h7H,4-6H2,1-3H3. The average molecular weight is 252 g/mol. The Labute approximate surface area is 104 Å². The highest BCUT2D eigenvalue weighted by atomic mass is 32.1. The van der Waals surface area contributed by atoms with Crippen molar-refractivity contribution in [1.82, 2.24) is 9.38 Å². The number of hydrogen-bond acceptors (Lipinski definition) is 4. The molecular weight excluding hydrogens is 236 g/mol. The smallest absolute Gasteiger partial charge is 0.358 e. The van der Waals surface area contributed by atoms with Crippen LogP contribution in [0.4, 0.5) is 0 Å². The van der Waals surface area contributed by atoms with Crippen LogP contribution in [-0.2, 0) is 11.2 Å². The molecule has 0 aliphatic heterocycles. The van der Waals surface area contributed by atoms with E-state index < -0.39 is 0 Å². The Morgan fingerprint density at radius 1 is 1.53 bits per heavy atom. The summed E-state index contributed by atoms with van der Waals surface area (Å²) in [6.45, 7) is 6.39. The number of thiazole rings is 1. The van der Waals surface area contributed by atoms with Gasteiger partial charge in [0.05, 0.1) is 6.61 Å². The van der Waals surface area contributed by atoms with Crippen LogP contribution in [0.3, 0.4) is 0 Å². The van der Waals surface area contributed by atoms with Crippen LogP contribution < -0.4 is 0 Å². The number of fused-ring (bicyclic) bond motifs is 1. The minimum Gasteiger partial charge on any atom is -0.461 e. The van der Waals surface area contributed by atoms with Gasteiger partial charge in [0.2, 0.25) is 0 Å². The predicted octanol–water partition coefficient (Wildman–Crippen LogP) is 2.83. The van der Waals surface area contributed by atoms with Gasteiger partial charge in [0, 0.05) is 16.8 Å². The normalized spacial score (nSPS) is 11.0. The number of aromatic nitrogens is 2. The van der Waals surface area contributed by atoms with Crippen LogP contribution in [0, 0.1) is 6.92 Å². The molecule has 4 nitrogen and oxygen atoms in total. The minimum absolute atomic E-state index is 0.347. The van der Waals surface area contributed by atoms with Gasteiger partial charge >= 0.3 is 5.97 Å². The van der Waals surface area contributed by atoms with E-state index >= 15 is 0 Å². The Morgan fingerprint density at radius 3 is 2.88 bits per heavy atom. The number of esters is 1. The second kappa shape index (κ2) is 4.87. The molecule has 0 N–H and O–H groups in total. The molecule has 92 valence electrons. The molecule has 0 radical (unpaired) electrons. The van der Waals surface area contributed by atoms with Crippen LogP contribution in [0.2, 0.25) is 0 Å². The number of hydrogen-bond donors (Lipinski definition) is 0. The molecule has 2 rings (SSSR count). The van der Waals surface area contributed by atoms with E-state index in [1.54, 1.807) is 24.5 Å². The van der Waals surface area contributed by atoms with Crippen LogP contribution >= 0.6 is 11.3 Å². The van der Waals surface area contributed by atoms with E-state index in [0.717, 1.165) is 17.8 Å². The first kappa shape index (κ1) is 12.1. The van der Waals surface area contributed by atoms with Crippen molar-refractivity contribution >= 4 is 22.3 Å². The lowest BCUT2D eigenvalue weighted by Gasteiger charge is -1.97. The van der Waals surface area contributed by atoms with Crippen LogP contribution in [0.15, 0.2) is 6.20 Å². The number of ether oxygens (including phenoxy) is 1. The molecule has 0 saturated heterocycles. The summed E-state index contributed by atoms with van der Waals surface area (Å²) >= 11 is 1.65. The monoisotopic (exact) mass is 252 g/mol. The van der Waals surface area contributed by atoms with Crippen molar-refractivity contribution < 1.29 is 9.53 Å². The maximum absolute atomic E-state index is 11.5. The fraction of sp³-hybridized carbons (Fsp3) is 0.500. The number of imidazole rings is 1. The van der Waals surface area contributed by atoms with Crippen molar-refractivity contribution in [2.75, 3.05) is 6.61 Å². The molecule has 0 aromatic carbocycles. The van der Waals surface area contributed by atoms with Crippen molar-refractivity contribution in [2.24, 2.45) is 0 Å². The quantitative estimate of drug-likeness (QED) is 0.786. The van der Waals surface area contributed by atoms with Gasteiger partial charge in [0.25, 0.3) is 0 Å². The Bertz CT molecular complexity index is 542. The molecule has 17 heavy (non-hydrogen) atoms. The summed E-state index contributed by atoms with van der Waals surface area (Å²) in [5, 5.41) is 0. The molecule has 5 heteroatoms. The van der Waals surface area contributed by atoms with Gasteiger partial charge in [-0.3, -0.25) is 4.40 Å². The van der Waals surface area contributed by atoms with Crippen LogP contribution in [0.25, 0.3) is 4.96 Å².